The Labute approximate surface area is 93.7 Å². The predicted molar refractivity (Wildman–Crippen MR) is 61.7 cm³/mol. The predicted octanol–water partition coefficient (Wildman–Crippen LogP) is 1.77. The van der Waals surface area contributed by atoms with Gasteiger partial charge in [-0.25, -0.2) is 0 Å². The van der Waals surface area contributed by atoms with E-state index >= 15 is 0 Å². The van der Waals surface area contributed by atoms with Crippen molar-refractivity contribution >= 4 is 5.91 Å². The van der Waals surface area contributed by atoms with Crippen LogP contribution in [0, 0.1) is 0 Å². The van der Waals surface area contributed by atoms with E-state index in [1.807, 2.05) is 43.6 Å². The molecule has 80 valence electrons. The van der Waals surface area contributed by atoms with E-state index in [9.17, 15) is 4.79 Å². The Morgan fingerprint density at radius 1 is 1.06 bits per heavy atom. The lowest BCUT2D eigenvalue weighted by atomic mass is 10.2. The van der Waals surface area contributed by atoms with Crippen molar-refractivity contribution in [2.24, 2.45) is 12.0 Å². The molecular formula is C13H12N2O. The first-order valence-electron chi connectivity index (χ1n) is 5.03. The quantitative estimate of drug-likeness (QED) is 0.709. The van der Waals surface area contributed by atoms with Gasteiger partial charge in [0.05, 0.1) is 0 Å². The van der Waals surface area contributed by atoms with Gasteiger partial charge in [0, 0.05) is 18.8 Å². The molecule has 2 rings (SSSR count). The summed E-state index contributed by atoms with van der Waals surface area (Å²) in [5, 5.41) is 0. The number of aromatic nitrogens is 1. The molecule has 1 aromatic heterocycles. The number of nitrogens with zero attached hydrogens (tertiary/aromatic N) is 2. The van der Waals surface area contributed by atoms with Crippen molar-refractivity contribution in [3.63, 3.8) is 0 Å². The number of pyridine rings is 1. The SMILES string of the molecule is Cn1ccccc1=NC(=O)c1ccccc1. The van der Waals surface area contributed by atoms with Gasteiger partial charge in [0.2, 0.25) is 0 Å². The maximum Gasteiger partial charge on any atom is 0.278 e. The fourth-order valence-corrected chi connectivity index (χ4v) is 1.38. The van der Waals surface area contributed by atoms with Crippen LogP contribution in [-0.4, -0.2) is 10.5 Å². The zero-order valence-corrected chi connectivity index (χ0v) is 9.00. The van der Waals surface area contributed by atoms with Crippen molar-refractivity contribution in [1.29, 1.82) is 0 Å². The summed E-state index contributed by atoms with van der Waals surface area (Å²) in [4.78, 5) is 15.8. The molecule has 0 saturated carbocycles. The molecule has 0 fully saturated rings. The van der Waals surface area contributed by atoms with Gasteiger partial charge < -0.3 is 4.57 Å². The van der Waals surface area contributed by atoms with Crippen molar-refractivity contribution < 1.29 is 4.79 Å². The molecule has 0 aliphatic carbocycles. The van der Waals surface area contributed by atoms with Crippen LogP contribution in [0.5, 0.6) is 0 Å². The van der Waals surface area contributed by atoms with E-state index in [4.69, 9.17) is 0 Å². The minimum absolute atomic E-state index is 0.220. The van der Waals surface area contributed by atoms with E-state index in [1.54, 1.807) is 22.8 Å². The summed E-state index contributed by atoms with van der Waals surface area (Å²) in [5.74, 6) is -0.220. The Morgan fingerprint density at radius 2 is 1.75 bits per heavy atom. The van der Waals surface area contributed by atoms with Gasteiger partial charge in [0.25, 0.3) is 5.91 Å². The molecule has 0 N–H and O–H groups in total. The van der Waals surface area contributed by atoms with Crippen LogP contribution in [0.2, 0.25) is 0 Å². The van der Waals surface area contributed by atoms with E-state index in [1.165, 1.54) is 0 Å². The highest BCUT2D eigenvalue weighted by molar-refractivity contribution is 5.94. The third-order valence-corrected chi connectivity index (χ3v) is 2.26. The topological polar surface area (TPSA) is 34.4 Å². The third-order valence-electron chi connectivity index (χ3n) is 2.26. The molecule has 0 spiro atoms. The molecule has 0 unspecified atom stereocenters. The fourth-order valence-electron chi connectivity index (χ4n) is 1.38. The van der Waals surface area contributed by atoms with Crippen LogP contribution in [0.3, 0.4) is 0 Å². The summed E-state index contributed by atoms with van der Waals surface area (Å²) in [6.07, 6.45) is 1.86. The summed E-state index contributed by atoms with van der Waals surface area (Å²) >= 11 is 0. The first-order chi connectivity index (χ1) is 7.77. The lowest BCUT2D eigenvalue weighted by Gasteiger charge is -1.98. The molecule has 3 heteroatoms. The van der Waals surface area contributed by atoms with Crippen LogP contribution >= 0.6 is 0 Å². The van der Waals surface area contributed by atoms with Crippen molar-refractivity contribution in [1.82, 2.24) is 4.57 Å². The number of rotatable bonds is 1. The normalized spacial score (nSPS) is 11.4. The Kier molecular flexibility index (Phi) is 2.96. The van der Waals surface area contributed by atoms with Crippen molar-refractivity contribution in [3.05, 3.63) is 65.8 Å². The minimum Gasteiger partial charge on any atom is -0.336 e. The standard InChI is InChI=1S/C13H12N2O/c1-15-10-6-5-9-12(15)14-13(16)11-7-3-2-4-8-11/h2-10H,1H3. The van der Waals surface area contributed by atoms with E-state index < -0.39 is 0 Å². The van der Waals surface area contributed by atoms with Gasteiger partial charge in [-0.05, 0) is 24.3 Å². The Hall–Kier alpha value is -2.16. The van der Waals surface area contributed by atoms with Crippen molar-refractivity contribution in [2.75, 3.05) is 0 Å². The summed E-state index contributed by atoms with van der Waals surface area (Å²) < 4.78 is 1.81. The maximum atomic E-state index is 11.8. The first kappa shape index (κ1) is 10.4. The average molecular weight is 212 g/mol. The van der Waals surface area contributed by atoms with Gasteiger partial charge in [-0.15, -0.1) is 0 Å². The Balaban J connectivity index is 2.40. The van der Waals surface area contributed by atoms with Gasteiger partial charge in [0.1, 0.15) is 5.49 Å². The molecule has 16 heavy (non-hydrogen) atoms. The lowest BCUT2D eigenvalue weighted by Crippen LogP contribution is -2.18. The maximum absolute atomic E-state index is 11.8. The summed E-state index contributed by atoms with van der Waals surface area (Å²) in [6.45, 7) is 0. The van der Waals surface area contributed by atoms with Gasteiger partial charge in [0.15, 0.2) is 0 Å². The van der Waals surface area contributed by atoms with Gasteiger partial charge in [-0.1, -0.05) is 24.3 Å². The molecule has 1 aromatic carbocycles. The average Bonchev–Trinajstić information content (AvgIpc) is 2.33. The van der Waals surface area contributed by atoms with Crippen LogP contribution in [-0.2, 0) is 7.05 Å². The Bertz CT molecular complexity index is 555. The second kappa shape index (κ2) is 4.57. The number of amides is 1. The van der Waals surface area contributed by atoms with E-state index in [0.29, 0.717) is 11.1 Å². The number of aryl methyl sites for hydroxylation is 1. The number of carbonyl (C=O) groups excluding carboxylic acids is 1. The molecule has 1 heterocycles. The van der Waals surface area contributed by atoms with Crippen LogP contribution in [0.4, 0.5) is 0 Å². The largest absolute Gasteiger partial charge is 0.336 e. The first-order valence-corrected chi connectivity index (χ1v) is 5.03. The molecule has 3 nitrogen and oxygen atoms in total. The second-order valence-electron chi connectivity index (χ2n) is 3.45. The summed E-state index contributed by atoms with van der Waals surface area (Å²) in [7, 11) is 1.86. The van der Waals surface area contributed by atoms with Gasteiger partial charge in [-0.2, -0.15) is 4.99 Å². The zero-order chi connectivity index (χ0) is 11.4. The van der Waals surface area contributed by atoms with E-state index in [2.05, 4.69) is 4.99 Å². The molecule has 0 radical (unpaired) electrons. The molecule has 0 bridgehead atoms. The van der Waals surface area contributed by atoms with Crippen molar-refractivity contribution in [2.45, 2.75) is 0 Å². The number of carbonyl (C=O) groups is 1. The fraction of sp³-hybridized carbons (Fsp3) is 0.0769. The summed E-state index contributed by atoms with van der Waals surface area (Å²) in [6, 6.07) is 14.6. The van der Waals surface area contributed by atoms with Crippen molar-refractivity contribution in [3.8, 4) is 0 Å². The van der Waals surface area contributed by atoms with Crippen LogP contribution in [0.1, 0.15) is 10.4 Å². The molecule has 0 aliphatic heterocycles. The highest BCUT2D eigenvalue weighted by atomic mass is 16.1. The molecule has 1 amide bonds. The summed E-state index contributed by atoms with van der Waals surface area (Å²) in [5.41, 5.74) is 1.25. The second-order valence-corrected chi connectivity index (χ2v) is 3.45. The molecule has 0 saturated heterocycles. The highest BCUT2D eigenvalue weighted by Gasteiger charge is 2.01. The number of hydrogen-bond donors (Lipinski definition) is 0. The van der Waals surface area contributed by atoms with Crippen LogP contribution in [0.25, 0.3) is 0 Å². The van der Waals surface area contributed by atoms with Crippen LogP contribution in [0.15, 0.2) is 59.7 Å². The van der Waals surface area contributed by atoms with E-state index in [0.717, 1.165) is 0 Å². The van der Waals surface area contributed by atoms with Gasteiger partial charge in [-0.3, -0.25) is 4.79 Å². The minimum atomic E-state index is -0.220. The Morgan fingerprint density at radius 3 is 2.44 bits per heavy atom. The lowest BCUT2D eigenvalue weighted by molar-refractivity contribution is 0.0997. The van der Waals surface area contributed by atoms with Crippen LogP contribution < -0.4 is 5.49 Å². The smallest absolute Gasteiger partial charge is 0.278 e. The van der Waals surface area contributed by atoms with Gasteiger partial charge >= 0.3 is 0 Å². The molecule has 0 atom stereocenters. The number of benzene rings is 1. The molecule has 0 aliphatic rings. The molecular weight excluding hydrogens is 200 g/mol. The number of hydrogen-bond acceptors (Lipinski definition) is 1. The third kappa shape index (κ3) is 2.25. The highest BCUT2D eigenvalue weighted by Crippen LogP contribution is 1.99. The van der Waals surface area contributed by atoms with E-state index in [-0.39, 0.29) is 5.91 Å². The monoisotopic (exact) mass is 212 g/mol. The zero-order valence-electron chi connectivity index (χ0n) is 9.00. The molecule has 2 aromatic rings.